The molecule has 0 bridgehead atoms. The molecule has 0 aliphatic carbocycles. The zero-order valence-corrected chi connectivity index (χ0v) is 35.8. The molecular formula is C41H66O19. The number of ether oxygens (including phenoxy) is 11. The SMILES string of the molecule is CO[C@@H]1[C@H](O)[C@@H](C)O[C@@H](OC[C@H]2[C@@H]3O[C@@H]3/C=C/C(=O)[C@@](C)(O)C[C@H](C)[C@H](O[C@@H]3O[C@H](C)C[C@H](OC)[C@H]3O[C@@H]3O[C@H](CO)[C@@H](O)[C@H](O)[C@H]3O)[C@@H](C)/C=C/C(=O)O[C@@H]2C)[C@@H]1OC. The number of hydrogen-bond acceptors (Lipinski definition) is 19. The van der Waals surface area contributed by atoms with Crippen molar-refractivity contribution in [3.63, 3.8) is 0 Å². The lowest BCUT2D eigenvalue weighted by Crippen LogP contribution is -2.62. The molecule has 0 amide bonds. The minimum Gasteiger partial charge on any atom is -0.459 e. The van der Waals surface area contributed by atoms with Gasteiger partial charge in [0.15, 0.2) is 24.7 Å². The van der Waals surface area contributed by atoms with Crippen molar-refractivity contribution in [3.05, 3.63) is 24.3 Å². The number of esters is 1. The Labute approximate surface area is 350 Å². The topological polar surface area (TPSA) is 260 Å². The first-order chi connectivity index (χ1) is 28.3. The predicted molar refractivity (Wildman–Crippen MR) is 206 cm³/mol. The number of aliphatic hydroxyl groups is 6. The lowest BCUT2D eigenvalue weighted by Gasteiger charge is -2.46. The molecule has 0 aromatic rings. The second kappa shape index (κ2) is 21.1. The minimum atomic E-state index is -1.87. The van der Waals surface area contributed by atoms with Crippen molar-refractivity contribution >= 4 is 11.8 Å². The Bertz CT molecular complexity index is 1460. The van der Waals surface area contributed by atoms with Gasteiger partial charge in [-0.2, -0.15) is 0 Å². The summed E-state index contributed by atoms with van der Waals surface area (Å²) in [4.78, 5) is 27.0. The van der Waals surface area contributed by atoms with E-state index < -0.39 is 152 Å². The molecule has 5 aliphatic heterocycles. The van der Waals surface area contributed by atoms with E-state index in [2.05, 4.69) is 0 Å². The second-order valence-corrected chi connectivity index (χ2v) is 16.9. The van der Waals surface area contributed by atoms with E-state index in [9.17, 15) is 40.2 Å². The molecule has 0 radical (unpaired) electrons. The summed E-state index contributed by atoms with van der Waals surface area (Å²) in [5.74, 6) is -2.95. The lowest BCUT2D eigenvalue weighted by atomic mass is 9.82. The van der Waals surface area contributed by atoms with Crippen LogP contribution in [-0.2, 0) is 61.7 Å². The van der Waals surface area contributed by atoms with Crippen LogP contribution in [0.5, 0.6) is 0 Å². The van der Waals surface area contributed by atoms with Gasteiger partial charge in [-0.15, -0.1) is 0 Å². The number of epoxide rings is 1. The molecule has 5 rings (SSSR count). The molecule has 22 atom stereocenters. The highest BCUT2D eigenvalue weighted by Gasteiger charge is 2.51. The summed E-state index contributed by atoms with van der Waals surface area (Å²) < 4.78 is 65.5. The molecule has 0 unspecified atom stereocenters. The second-order valence-electron chi connectivity index (χ2n) is 16.9. The molecule has 0 saturated carbocycles. The Morgan fingerprint density at radius 3 is 2.07 bits per heavy atom. The first-order valence-electron chi connectivity index (χ1n) is 20.6. The van der Waals surface area contributed by atoms with Gasteiger partial charge in [-0.1, -0.05) is 19.9 Å². The first-order valence-corrected chi connectivity index (χ1v) is 20.6. The molecule has 6 N–H and O–H groups in total. The van der Waals surface area contributed by atoms with Crippen LogP contribution in [0.2, 0.25) is 0 Å². The Kier molecular flexibility index (Phi) is 17.2. The van der Waals surface area contributed by atoms with Crippen molar-refractivity contribution in [1.29, 1.82) is 0 Å². The van der Waals surface area contributed by atoms with Gasteiger partial charge in [-0.25, -0.2) is 4.79 Å². The fourth-order valence-corrected chi connectivity index (χ4v) is 8.59. The summed E-state index contributed by atoms with van der Waals surface area (Å²) in [6.07, 6.45) is -12.0. The summed E-state index contributed by atoms with van der Waals surface area (Å²) in [6, 6.07) is 0. The quantitative estimate of drug-likeness (QED) is 0.111. The largest absolute Gasteiger partial charge is 0.459 e. The molecule has 19 nitrogen and oxygen atoms in total. The molecular weight excluding hydrogens is 796 g/mol. The maximum absolute atomic E-state index is 13.6. The van der Waals surface area contributed by atoms with Crippen molar-refractivity contribution in [2.24, 2.45) is 17.8 Å². The Balaban J connectivity index is 1.38. The highest BCUT2D eigenvalue weighted by atomic mass is 16.8. The van der Waals surface area contributed by atoms with Crippen LogP contribution in [0.3, 0.4) is 0 Å². The van der Waals surface area contributed by atoms with Crippen molar-refractivity contribution < 1.29 is 92.3 Å². The van der Waals surface area contributed by atoms with Crippen molar-refractivity contribution in [2.45, 2.75) is 170 Å². The van der Waals surface area contributed by atoms with E-state index in [1.165, 1.54) is 40.4 Å². The third kappa shape index (κ3) is 11.4. The van der Waals surface area contributed by atoms with Gasteiger partial charge in [0.2, 0.25) is 0 Å². The van der Waals surface area contributed by atoms with E-state index in [4.69, 9.17) is 52.1 Å². The third-order valence-electron chi connectivity index (χ3n) is 12.2. The fourth-order valence-electron chi connectivity index (χ4n) is 8.59. The van der Waals surface area contributed by atoms with Crippen LogP contribution in [0.25, 0.3) is 0 Å². The molecule has 4 fully saturated rings. The standard InChI is InChI=1S/C41H66O19/c1-18-10-13-28(44)55-21(4)23(17-53-39-37(52-9)36(51-8)29(45)22(5)56-39)34-24(57-34)11-12-27(43)41(6,49)15-19(2)33(18)59-40-35(25(50-7)14-20(3)54-40)60-38-32(48)31(47)30(46)26(16-42)58-38/h10-13,18-26,29-40,42,45-49H,14-17H2,1-9H3/b12-11+,13-10+/t18-,19-,20+,21+,22+,23+,24+,25-,26+,29+,30+,31-,32+,33+,34-,35+,36+,37+,38-,39+,40-,41-/m0/s1. The summed E-state index contributed by atoms with van der Waals surface area (Å²) in [5.41, 5.74) is -1.87. The van der Waals surface area contributed by atoms with E-state index in [1.807, 2.05) is 0 Å². The smallest absolute Gasteiger partial charge is 0.330 e. The molecule has 19 heteroatoms. The van der Waals surface area contributed by atoms with Crippen LogP contribution >= 0.6 is 0 Å². The van der Waals surface area contributed by atoms with Gasteiger partial charge >= 0.3 is 5.97 Å². The minimum absolute atomic E-state index is 0.0267. The Morgan fingerprint density at radius 1 is 0.733 bits per heavy atom. The molecule has 60 heavy (non-hydrogen) atoms. The summed E-state index contributed by atoms with van der Waals surface area (Å²) in [6.45, 7) is 9.46. The number of ketones is 1. The zero-order valence-electron chi connectivity index (χ0n) is 35.8. The van der Waals surface area contributed by atoms with Crippen LogP contribution < -0.4 is 0 Å². The van der Waals surface area contributed by atoms with Crippen LogP contribution in [-0.4, -0.2) is 193 Å². The fraction of sp³-hybridized carbons (Fsp3) is 0.854. The van der Waals surface area contributed by atoms with Crippen molar-refractivity contribution in [2.75, 3.05) is 34.5 Å². The van der Waals surface area contributed by atoms with Crippen molar-refractivity contribution in [3.8, 4) is 0 Å². The Hall–Kier alpha value is -2.02. The van der Waals surface area contributed by atoms with Crippen LogP contribution in [0.15, 0.2) is 24.3 Å². The number of hydrogen-bond donors (Lipinski definition) is 6. The first kappa shape index (κ1) is 49.0. The normalized spacial score (nSPS) is 49.4. The summed E-state index contributed by atoms with van der Waals surface area (Å²) in [7, 11) is 4.36. The number of carbonyl (C=O) groups is 2. The van der Waals surface area contributed by atoms with E-state index in [1.54, 1.807) is 46.8 Å². The molecule has 5 aliphatic rings. The molecule has 0 spiro atoms. The van der Waals surface area contributed by atoms with Crippen LogP contribution in [0, 0.1) is 17.8 Å². The van der Waals surface area contributed by atoms with E-state index >= 15 is 0 Å². The van der Waals surface area contributed by atoms with Gasteiger partial charge in [0.1, 0.15) is 66.6 Å². The number of aliphatic hydroxyl groups excluding tert-OH is 5. The van der Waals surface area contributed by atoms with Gasteiger partial charge in [0.25, 0.3) is 0 Å². The van der Waals surface area contributed by atoms with Gasteiger partial charge < -0.3 is 82.7 Å². The highest BCUT2D eigenvalue weighted by molar-refractivity contribution is 5.96. The number of carbonyl (C=O) groups excluding carboxylic acids is 2. The maximum atomic E-state index is 13.6. The van der Waals surface area contributed by atoms with Crippen LogP contribution in [0.4, 0.5) is 0 Å². The Morgan fingerprint density at radius 2 is 1.42 bits per heavy atom. The zero-order chi connectivity index (χ0) is 44.2. The van der Waals surface area contributed by atoms with E-state index in [0.29, 0.717) is 6.42 Å². The van der Waals surface area contributed by atoms with Crippen molar-refractivity contribution in [1.82, 2.24) is 0 Å². The van der Waals surface area contributed by atoms with Gasteiger partial charge in [-0.05, 0) is 52.2 Å². The molecule has 0 aromatic heterocycles. The average molecular weight is 863 g/mol. The van der Waals surface area contributed by atoms with Crippen LogP contribution in [0.1, 0.15) is 54.4 Å². The summed E-state index contributed by atoms with van der Waals surface area (Å²) in [5, 5.41) is 63.5. The molecule has 4 saturated heterocycles. The average Bonchev–Trinajstić information content (AvgIpc) is 3.98. The molecule has 0 aromatic carbocycles. The molecule has 344 valence electrons. The maximum Gasteiger partial charge on any atom is 0.330 e. The van der Waals surface area contributed by atoms with Gasteiger partial charge in [-0.3, -0.25) is 4.79 Å². The van der Waals surface area contributed by atoms with E-state index in [-0.39, 0.29) is 13.0 Å². The van der Waals surface area contributed by atoms with Gasteiger partial charge in [0, 0.05) is 45.7 Å². The van der Waals surface area contributed by atoms with E-state index in [0.717, 1.165) is 0 Å². The third-order valence-corrected chi connectivity index (χ3v) is 12.2. The number of methoxy groups -OCH3 is 3. The predicted octanol–water partition coefficient (Wildman–Crippen LogP) is -0.717. The lowest BCUT2D eigenvalue weighted by molar-refractivity contribution is -0.362. The number of fused-ring (bicyclic) bond motifs is 1. The highest BCUT2D eigenvalue weighted by Crippen LogP contribution is 2.38. The molecule has 5 heterocycles. The number of rotatable bonds is 11. The monoisotopic (exact) mass is 862 g/mol. The van der Waals surface area contributed by atoms with Gasteiger partial charge in [0.05, 0.1) is 43.7 Å². The summed E-state index contributed by atoms with van der Waals surface area (Å²) >= 11 is 0. The number of cyclic esters (lactones) is 1.